The summed E-state index contributed by atoms with van der Waals surface area (Å²) < 4.78 is 12.5. The molecule has 0 aromatic heterocycles. The molecular weight excluding hydrogens is 211 g/mol. The quantitative estimate of drug-likeness (QED) is 0.722. The molecule has 0 aliphatic carbocycles. The first-order valence-corrected chi connectivity index (χ1v) is 6.95. The van der Waals surface area contributed by atoms with Crippen LogP contribution in [0.3, 0.4) is 0 Å². The highest BCUT2D eigenvalue weighted by atomic mass is 35.7. The van der Waals surface area contributed by atoms with Crippen molar-refractivity contribution in [2.24, 2.45) is 0 Å². The summed E-state index contributed by atoms with van der Waals surface area (Å²) in [6.45, 7) is 3.51. The van der Waals surface area contributed by atoms with Gasteiger partial charge in [-0.25, -0.2) is 4.67 Å². The van der Waals surface area contributed by atoms with E-state index in [0.717, 1.165) is 13.1 Å². The monoisotopic (exact) mass is 226 g/mol. The van der Waals surface area contributed by atoms with Crippen LogP contribution in [0, 0.1) is 0 Å². The third-order valence-electron chi connectivity index (χ3n) is 2.37. The van der Waals surface area contributed by atoms with Gasteiger partial charge in [0.25, 0.3) is 0 Å². The first-order valence-electron chi connectivity index (χ1n) is 4.43. The Balaban J connectivity index is 2.44. The Morgan fingerprint density at radius 1 is 1.31 bits per heavy atom. The minimum absolute atomic E-state index is 0.496. The van der Waals surface area contributed by atoms with Crippen molar-refractivity contribution in [1.29, 1.82) is 0 Å². The summed E-state index contributed by atoms with van der Waals surface area (Å²) in [6.07, 6.45) is 0. The summed E-state index contributed by atoms with van der Waals surface area (Å²) in [5.41, 5.74) is 0. The van der Waals surface area contributed by atoms with Gasteiger partial charge in [-0.3, -0.25) is 9.46 Å². The topological polar surface area (TPSA) is 43.8 Å². The van der Waals surface area contributed by atoms with Crippen molar-refractivity contribution in [1.82, 2.24) is 9.57 Å². The van der Waals surface area contributed by atoms with Gasteiger partial charge in [0, 0.05) is 32.2 Å². The molecule has 0 spiro atoms. The molecule has 4 nitrogen and oxygen atoms in total. The van der Waals surface area contributed by atoms with E-state index in [-0.39, 0.29) is 0 Å². The Kier molecular flexibility index (Phi) is 3.78. The van der Waals surface area contributed by atoms with Gasteiger partial charge in [0.2, 0.25) is 0 Å². The lowest BCUT2D eigenvalue weighted by Gasteiger charge is -2.36. The van der Waals surface area contributed by atoms with Crippen molar-refractivity contribution < 1.29 is 9.46 Å². The van der Waals surface area contributed by atoms with Crippen molar-refractivity contribution >= 4 is 18.1 Å². The van der Waals surface area contributed by atoms with Crippen LogP contribution >= 0.6 is 18.1 Å². The molecule has 1 N–H and O–H groups in total. The molecule has 0 radical (unpaired) electrons. The normalized spacial score (nSPS) is 26.2. The first-order chi connectivity index (χ1) is 5.91. The number of nitrogens with zero attached hydrogens (tertiary/aromatic N) is 2. The van der Waals surface area contributed by atoms with E-state index in [4.69, 9.17) is 16.1 Å². The third-order valence-corrected chi connectivity index (χ3v) is 4.11. The van der Waals surface area contributed by atoms with Gasteiger partial charge in [0.05, 0.1) is 0 Å². The molecule has 0 amide bonds. The van der Waals surface area contributed by atoms with Crippen LogP contribution in [-0.4, -0.2) is 46.7 Å². The molecule has 0 aromatic rings. The van der Waals surface area contributed by atoms with Gasteiger partial charge in [0.15, 0.2) is 0 Å². The number of hydrogen-bond donors (Lipinski definition) is 1. The molecule has 0 saturated carbocycles. The minimum atomic E-state index is -3.52. The van der Waals surface area contributed by atoms with Gasteiger partial charge in [-0.2, -0.15) is 0 Å². The second kappa shape index (κ2) is 4.28. The predicted molar refractivity (Wildman–Crippen MR) is 54.0 cm³/mol. The van der Waals surface area contributed by atoms with Crippen molar-refractivity contribution in [3.63, 3.8) is 0 Å². The van der Waals surface area contributed by atoms with E-state index < -0.39 is 6.87 Å². The maximum atomic E-state index is 11.1. The highest BCUT2D eigenvalue weighted by molar-refractivity contribution is 7.82. The van der Waals surface area contributed by atoms with Crippen LogP contribution in [0.15, 0.2) is 0 Å². The Morgan fingerprint density at radius 3 is 2.08 bits per heavy atom. The van der Waals surface area contributed by atoms with Gasteiger partial charge in [-0.1, -0.05) is 0 Å². The third kappa shape index (κ3) is 3.22. The average molecular weight is 227 g/mol. The van der Waals surface area contributed by atoms with E-state index in [9.17, 15) is 4.57 Å². The lowest BCUT2D eigenvalue weighted by Crippen LogP contribution is -2.46. The number of hydrogen-bond acceptors (Lipinski definition) is 2. The van der Waals surface area contributed by atoms with Crippen LogP contribution in [0.2, 0.25) is 0 Å². The van der Waals surface area contributed by atoms with Crippen molar-refractivity contribution in [3.8, 4) is 0 Å². The molecule has 1 heterocycles. The largest absolute Gasteiger partial charge is 0.360 e. The number of rotatable bonds is 2. The van der Waals surface area contributed by atoms with E-state index >= 15 is 0 Å². The van der Waals surface area contributed by atoms with Crippen LogP contribution in [0.25, 0.3) is 0 Å². The Hall–Kier alpha value is 0.400. The summed E-state index contributed by atoms with van der Waals surface area (Å²) in [7, 11) is 0. The van der Waals surface area contributed by atoms with Gasteiger partial charge in [0.1, 0.15) is 0 Å². The number of halogens is 1. The van der Waals surface area contributed by atoms with Gasteiger partial charge >= 0.3 is 6.87 Å². The minimum Gasteiger partial charge on any atom is -0.322 e. The van der Waals surface area contributed by atoms with Crippen LogP contribution in [0.4, 0.5) is 0 Å². The summed E-state index contributed by atoms with van der Waals surface area (Å²) in [4.78, 5) is 11.4. The molecule has 78 valence electrons. The molecule has 1 atom stereocenters. The Labute approximate surface area is 83.8 Å². The van der Waals surface area contributed by atoms with E-state index in [0.29, 0.717) is 19.1 Å². The predicted octanol–water partition coefficient (Wildman–Crippen LogP) is 1.35. The summed E-state index contributed by atoms with van der Waals surface area (Å²) in [5, 5.41) is 0. The molecule has 1 rings (SSSR count). The van der Waals surface area contributed by atoms with E-state index in [1.807, 2.05) is 0 Å². The first kappa shape index (κ1) is 11.5. The van der Waals surface area contributed by atoms with Gasteiger partial charge in [-0.05, 0) is 25.1 Å². The van der Waals surface area contributed by atoms with E-state index in [2.05, 4.69) is 18.7 Å². The van der Waals surface area contributed by atoms with Crippen LogP contribution in [-0.2, 0) is 4.57 Å². The van der Waals surface area contributed by atoms with Crippen molar-refractivity contribution in [3.05, 3.63) is 0 Å². The smallest absolute Gasteiger partial charge is 0.322 e. The lowest BCUT2D eigenvalue weighted by atomic mass is 10.3. The van der Waals surface area contributed by atoms with Gasteiger partial charge < -0.3 is 4.89 Å². The molecule has 1 fully saturated rings. The van der Waals surface area contributed by atoms with Crippen molar-refractivity contribution in [2.45, 2.75) is 19.9 Å². The molecular formula is C7H16ClN2O2P. The maximum absolute atomic E-state index is 11.1. The maximum Gasteiger partial charge on any atom is 0.360 e. The summed E-state index contributed by atoms with van der Waals surface area (Å²) in [5.74, 6) is 0. The zero-order chi connectivity index (χ0) is 10.1. The number of piperazine rings is 1. The zero-order valence-corrected chi connectivity index (χ0v) is 9.63. The molecule has 1 aliphatic rings. The van der Waals surface area contributed by atoms with Crippen LogP contribution in [0.1, 0.15) is 13.8 Å². The Bertz CT molecular complexity index is 211. The Morgan fingerprint density at radius 2 is 1.77 bits per heavy atom. The molecule has 0 aromatic carbocycles. The van der Waals surface area contributed by atoms with E-state index in [1.54, 1.807) is 0 Å². The molecule has 0 bridgehead atoms. The zero-order valence-electron chi connectivity index (χ0n) is 7.98. The molecule has 13 heavy (non-hydrogen) atoms. The fourth-order valence-electron chi connectivity index (χ4n) is 1.47. The molecule has 1 unspecified atom stereocenters. The summed E-state index contributed by atoms with van der Waals surface area (Å²) >= 11 is 5.36. The van der Waals surface area contributed by atoms with Crippen LogP contribution in [0.5, 0.6) is 0 Å². The van der Waals surface area contributed by atoms with E-state index in [1.165, 1.54) is 4.67 Å². The fraction of sp³-hybridized carbons (Fsp3) is 1.00. The highest BCUT2D eigenvalue weighted by Crippen LogP contribution is 2.50. The van der Waals surface area contributed by atoms with Crippen LogP contribution < -0.4 is 0 Å². The average Bonchev–Trinajstić information content (AvgIpc) is 2.03. The van der Waals surface area contributed by atoms with Gasteiger partial charge in [-0.15, -0.1) is 0 Å². The second-order valence-electron chi connectivity index (χ2n) is 3.56. The SMILES string of the molecule is CC(C)N1CCN(P(=O)(O)Cl)CC1. The highest BCUT2D eigenvalue weighted by Gasteiger charge is 2.29. The molecule has 1 saturated heterocycles. The summed E-state index contributed by atoms with van der Waals surface area (Å²) in [6, 6.07) is 0.496. The standard InChI is InChI=1S/C7H16ClN2O2P/c1-7(2)9-3-5-10(6-4-9)13(8,11)12/h7H,3-6H2,1-2H3,(H,11,12). The molecule has 1 aliphatic heterocycles. The fourth-order valence-corrected chi connectivity index (χ4v) is 2.60. The molecule has 6 heteroatoms. The second-order valence-corrected chi connectivity index (χ2v) is 6.39. The van der Waals surface area contributed by atoms with Crippen molar-refractivity contribution in [2.75, 3.05) is 26.2 Å². The lowest BCUT2D eigenvalue weighted by molar-refractivity contribution is 0.148.